The Morgan fingerprint density at radius 2 is 2.00 bits per heavy atom. The van der Waals surface area contributed by atoms with E-state index in [0.29, 0.717) is 5.75 Å². The fraction of sp³-hybridized carbons (Fsp3) is 0.250. The summed E-state index contributed by atoms with van der Waals surface area (Å²) in [5.74, 6) is 1.08. The summed E-state index contributed by atoms with van der Waals surface area (Å²) in [6.45, 7) is 2.00. The van der Waals surface area contributed by atoms with Crippen LogP contribution in [0.4, 0.5) is 0 Å². The van der Waals surface area contributed by atoms with E-state index in [4.69, 9.17) is 10.5 Å². The number of hydrogen-bond donors (Lipinski definition) is 1. The van der Waals surface area contributed by atoms with Crippen LogP contribution in [-0.2, 0) is 10.8 Å². The van der Waals surface area contributed by atoms with Gasteiger partial charge in [-0.15, -0.1) is 0 Å². The van der Waals surface area contributed by atoms with Gasteiger partial charge in [-0.1, -0.05) is 29.8 Å². The Bertz CT molecular complexity index is 660. The summed E-state index contributed by atoms with van der Waals surface area (Å²) >= 11 is 3.42. The first-order valence-corrected chi connectivity index (χ1v) is 8.67. The van der Waals surface area contributed by atoms with Crippen LogP contribution >= 0.6 is 15.9 Å². The van der Waals surface area contributed by atoms with Gasteiger partial charge in [-0.05, 0) is 41.1 Å². The highest BCUT2D eigenvalue weighted by atomic mass is 79.9. The maximum Gasteiger partial charge on any atom is 0.123 e. The van der Waals surface area contributed by atoms with Crippen molar-refractivity contribution in [1.29, 1.82) is 0 Å². The van der Waals surface area contributed by atoms with Gasteiger partial charge in [0.05, 0.1) is 22.8 Å². The predicted octanol–water partition coefficient (Wildman–Crippen LogP) is 3.57. The number of halogens is 1. The van der Waals surface area contributed by atoms with E-state index in [0.717, 1.165) is 26.2 Å². The molecule has 0 amide bonds. The highest BCUT2D eigenvalue weighted by Gasteiger charge is 2.17. The largest absolute Gasteiger partial charge is 0.496 e. The van der Waals surface area contributed by atoms with Crippen LogP contribution in [0.2, 0.25) is 0 Å². The van der Waals surface area contributed by atoms with Crippen LogP contribution in [0, 0.1) is 6.92 Å². The lowest BCUT2D eigenvalue weighted by atomic mass is 10.1. The van der Waals surface area contributed by atoms with Crippen LogP contribution in [0.1, 0.15) is 17.2 Å². The fourth-order valence-electron chi connectivity index (χ4n) is 2.12. The van der Waals surface area contributed by atoms with Gasteiger partial charge in [0.1, 0.15) is 5.75 Å². The second kappa shape index (κ2) is 7.20. The van der Waals surface area contributed by atoms with Crippen molar-refractivity contribution in [2.24, 2.45) is 5.73 Å². The lowest BCUT2D eigenvalue weighted by Gasteiger charge is -2.16. The number of nitrogens with two attached hydrogens (primary N) is 1. The molecule has 0 aromatic heterocycles. The summed E-state index contributed by atoms with van der Waals surface area (Å²) in [5.41, 5.74) is 8.23. The Hall–Kier alpha value is -1.17. The van der Waals surface area contributed by atoms with E-state index >= 15 is 0 Å². The summed E-state index contributed by atoms with van der Waals surface area (Å²) in [5, 5.41) is 0. The van der Waals surface area contributed by atoms with Crippen LogP contribution in [0.25, 0.3) is 0 Å². The lowest BCUT2D eigenvalue weighted by molar-refractivity contribution is 0.407. The van der Waals surface area contributed by atoms with Gasteiger partial charge < -0.3 is 10.5 Å². The molecular weight excluding hydrogens is 350 g/mol. The van der Waals surface area contributed by atoms with Crippen molar-refractivity contribution in [3.8, 4) is 5.75 Å². The Balaban J connectivity index is 2.22. The van der Waals surface area contributed by atoms with Gasteiger partial charge >= 0.3 is 0 Å². The van der Waals surface area contributed by atoms with Gasteiger partial charge in [0.15, 0.2) is 0 Å². The topological polar surface area (TPSA) is 52.3 Å². The molecule has 3 nitrogen and oxygen atoms in total. The van der Waals surface area contributed by atoms with Gasteiger partial charge in [-0.3, -0.25) is 4.21 Å². The Morgan fingerprint density at radius 1 is 1.29 bits per heavy atom. The summed E-state index contributed by atoms with van der Waals surface area (Å²) in [6, 6.07) is 13.0. The standard InChI is InChI=1S/C16H18BrNO2S/c1-11-7-8-15(20-2)12(9-11)14(18)10-21(19)16-6-4-3-5-13(16)17/h3-9,14H,10,18H2,1-2H3. The molecule has 0 bridgehead atoms. The van der Waals surface area contributed by atoms with E-state index in [1.165, 1.54) is 0 Å². The lowest BCUT2D eigenvalue weighted by Crippen LogP contribution is -2.19. The molecule has 2 rings (SSSR count). The number of methoxy groups -OCH3 is 1. The number of aryl methyl sites for hydroxylation is 1. The Morgan fingerprint density at radius 3 is 2.67 bits per heavy atom. The first-order chi connectivity index (χ1) is 10.0. The molecule has 112 valence electrons. The third-order valence-corrected chi connectivity index (χ3v) is 5.66. The third-order valence-electron chi connectivity index (χ3n) is 3.20. The van der Waals surface area contributed by atoms with E-state index in [2.05, 4.69) is 15.9 Å². The predicted molar refractivity (Wildman–Crippen MR) is 90.1 cm³/mol. The molecule has 5 heteroatoms. The second-order valence-corrected chi connectivity index (χ2v) is 7.11. The van der Waals surface area contributed by atoms with Crippen molar-refractivity contribution in [2.45, 2.75) is 17.9 Å². The minimum Gasteiger partial charge on any atom is -0.496 e. The zero-order chi connectivity index (χ0) is 15.4. The van der Waals surface area contributed by atoms with Gasteiger partial charge in [-0.25, -0.2) is 0 Å². The zero-order valence-electron chi connectivity index (χ0n) is 12.0. The molecule has 0 aliphatic carbocycles. The van der Waals surface area contributed by atoms with Gasteiger partial charge in [-0.2, -0.15) is 0 Å². The average molecular weight is 368 g/mol. The summed E-state index contributed by atoms with van der Waals surface area (Å²) in [4.78, 5) is 0.763. The quantitative estimate of drug-likeness (QED) is 0.878. The maximum atomic E-state index is 12.5. The molecule has 21 heavy (non-hydrogen) atoms. The normalized spacial score (nSPS) is 13.7. The summed E-state index contributed by atoms with van der Waals surface area (Å²) in [6.07, 6.45) is 0. The molecule has 0 saturated heterocycles. The van der Waals surface area contributed by atoms with E-state index in [1.807, 2.05) is 49.4 Å². The first kappa shape index (κ1) is 16.2. The molecule has 0 fully saturated rings. The molecule has 2 N–H and O–H groups in total. The van der Waals surface area contributed by atoms with E-state index in [-0.39, 0.29) is 6.04 Å². The molecule has 0 radical (unpaired) electrons. The maximum absolute atomic E-state index is 12.5. The van der Waals surface area contributed by atoms with E-state index in [9.17, 15) is 4.21 Å². The van der Waals surface area contributed by atoms with Gasteiger partial charge in [0, 0.05) is 21.8 Å². The summed E-state index contributed by atoms with van der Waals surface area (Å²) < 4.78 is 18.7. The smallest absolute Gasteiger partial charge is 0.123 e. The van der Waals surface area contributed by atoms with E-state index in [1.54, 1.807) is 7.11 Å². The van der Waals surface area contributed by atoms with Gasteiger partial charge in [0.25, 0.3) is 0 Å². The molecule has 0 aliphatic rings. The zero-order valence-corrected chi connectivity index (χ0v) is 14.4. The third kappa shape index (κ3) is 3.93. The highest BCUT2D eigenvalue weighted by Crippen LogP contribution is 2.27. The summed E-state index contributed by atoms with van der Waals surface area (Å²) in [7, 11) is 0.447. The van der Waals surface area contributed by atoms with Crippen LogP contribution in [0.3, 0.4) is 0 Å². The van der Waals surface area contributed by atoms with Crippen molar-refractivity contribution in [3.63, 3.8) is 0 Å². The minimum absolute atomic E-state index is 0.340. The van der Waals surface area contributed by atoms with Crippen molar-refractivity contribution in [1.82, 2.24) is 0 Å². The molecular formula is C16H18BrNO2S. The number of ether oxygens (including phenoxy) is 1. The van der Waals surface area contributed by atoms with Gasteiger partial charge in [0.2, 0.25) is 0 Å². The number of hydrogen-bond acceptors (Lipinski definition) is 3. The molecule has 0 saturated carbocycles. The van der Waals surface area contributed by atoms with Crippen LogP contribution in [-0.4, -0.2) is 17.1 Å². The fourth-order valence-corrected chi connectivity index (χ4v) is 4.14. The molecule has 0 spiro atoms. The van der Waals surface area contributed by atoms with E-state index < -0.39 is 10.8 Å². The molecule has 2 unspecified atom stereocenters. The molecule has 0 aliphatic heterocycles. The minimum atomic E-state index is -1.17. The Kier molecular flexibility index (Phi) is 5.56. The van der Waals surface area contributed by atoms with Crippen molar-refractivity contribution in [2.75, 3.05) is 12.9 Å². The SMILES string of the molecule is COc1ccc(C)cc1C(N)CS(=O)c1ccccc1Br. The second-order valence-electron chi connectivity index (χ2n) is 4.79. The number of benzene rings is 2. The molecule has 2 atom stereocenters. The molecule has 0 heterocycles. The van der Waals surface area contributed by atoms with Crippen molar-refractivity contribution in [3.05, 3.63) is 58.1 Å². The van der Waals surface area contributed by atoms with Crippen LogP contribution in [0.5, 0.6) is 5.75 Å². The first-order valence-electron chi connectivity index (χ1n) is 6.56. The van der Waals surface area contributed by atoms with Crippen molar-refractivity contribution < 1.29 is 8.95 Å². The number of rotatable bonds is 5. The highest BCUT2D eigenvalue weighted by molar-refractivity contribution is 9.10. The molecule has 2 aromatic rings. The van der Waals surface area contributed by atoms with Crippen LogP contribution in [0.15, 0.2) is 51.8 Å². The Labute approximate surface area is 136 Å². The van der Waals surface area contributed by atoms with Crippen LogP contribution < -0.4 is 10.5 Å². The van der Waals surface area contributed by atoms with Crippen molar-refractivity contribution >= 4 is 26.7 Å². The average Bonchev–Trinajstić information content (AvgIpc) is 2.47. The molecule has 2 aromatic carbocycles. The monoisotopic (exact) mass is 367 g/mol.